The van der Waals surface area contributed by atoms with Gasteiger partial charge in [0.15, 0.2) is 17.3 Å². The second-order valence-corrected chi connectivity index (χ2v) is 3.87. The molecule has 108 valence electrons. The van der Waals surface area contributed by atoms with E-state index in [1.807, 2.05) is 6.07 Å². The lowest BCUT2D eigenvalue weighted by molar-refractivity contribution is -0.384. The molecule has 0 saturated carbocycles. The Morgan fingerprint density at radius 2 is 2.15 bits per heavy atom. The molecule has 1 aromatic rings. The van der Waals surface area contributed by atoms with E-state index in [2.05, 4.69) is 0 Å². The van der Waals surface area contributed by atoms with Crippen molar-refractivity contribution in [3.8, 4) is 6.07 Å². The zero-order valence-corrected chi connectivity index (χ0v) is 10.8. The highest BCUT2D eigenvalue weighted by Crippen LogP contribution is 2.32. The quantitative estimate of drug-likeness (QED) is 0.567. The summed E-state index contributed by atoms with van der Waals surface area (Å²) >= 11 is 0. The standard InChI is InChI=1S/C12H13F2N3O3/c1-20-8-7-16(6-2-5-15)12-10(17(18)19)4-3-9(13)11(12)14/h3-4H,2,6-8H2,1H3. The molecule has 0 fully saturated rings. The molecule has 0 radical (unpaired) electrons. The number of methoxy groups -OCH3 is 1. The first-order valence-corrected chi connectivity index (χ1v) is 5.76. The van der Waals surface area contributed by atoms with E-state index in [0.717, 1.165) is 6.07 Å². The van der Waals surface area contributed by atoms with Gasteiger partial charge in [0.1, 0.15) is 0 Å². The average Bonchev–Trinajstić information content (AvgIpc) is 2.42. The first kappa shape index (κ1) is 15.8. The number of nitriles is 1. The molecule has 0 amide bonds. The van der Waals surface area contributed by atoms with Crippen LogP contribution in [-0.4, -0.2) is 31.7 Å². The molecule has 0 heterocycles. The van der Waals surface area contributed by atoms with E-state index in [1.54, 1.807) is 0 Å². The van der Waals surface area contributed by atoms with Gasteiger partial charge in [-0.2, -0.15) is 5.26 Å². The number of hydrogen-bond donors (Lipinski definition) is 0. The highest BCUT2D eigenvalue weighted by molar-refractivity contribution is 5.64. The fourth-order valence-electron chi connectivity index (χ4n) is 1.70. The minimum atomic E-state index is -1.30. The number of nitro groups is 1. The normalized spacial score (nSPS) is 10.1. The number of nitro benzene ring substituents is 1. The van der Waals surface area contributed by atoms with Crippen molar-refractivity contribution in [1.29, 1.82) is 5.26 Å². The largest absolute Gasteiger partial charge is 0.383 e. The number of rotatable bonds is 7. The highest BCUT2D eigenvalue weighted by Gasteiger charge is 2.26. The van der Waals surface area contributed by atoms with Crippen molar-refractivity contribution >= 4 is 11.4 Å². The molecule has 8 heteroatoms. The Labute approximate surface area is 114 Å². The summed E-state index contributed by atoms with van der Waals surface area (Å²) in [5, 5.41) is 19.5. The second kappa shape index (κ2) is 7.35. The van der Waals surface area contributed by atoms with Crippen molar-refractivity contribution in [3.05, 3.63) is 33.9 Å². The van der Waals surface area contributed by atoms with Crippen molar-refractivity contribution in [1.82, 2.24) is 0 Å². The molecule has 0 bridgehead atoms. The Balaban J connectivity index is 3.25. The number of halogens is 2. The third kappa shape index (κ3) is 3.61. The van der Waals surface area contributed by atoms with Crippen LogP contribution < -0.4 is 4.90 Å². The van der Waals surface area contributed by atoms with E-state index in [1.165, 1.54) is 12.0 Å². The van der Waals surface area contributed by atoms with Crippen molar-refractivity contribution in [2.75, 3.05) is 31.7 Å². The maximum absolute atomic E-state index is 13.9. The van der Waals surface area contributed by atoms with Crippen LogP contribution in [0.3, 0.4) is 0 Å². The van der Waals surface area contributed by atoms with E-state index >= 15 is 0 Å². The van der Waals surface area contributed by atoms with Gasteiger partial charge in [-0.05, 0) is 6.07 Å². The molecule has 20 heavy (non-hydrogen) atoms. The molecule has 0 spiro atoms. The molecule has 1 aromatic carbocycles. The molecule has 0 atom stereocenters. The summed E-state index contributed by atoms with van der Waals surface area (Å²) in [5.74, 6) is -2.47. The Morgan fingerprint density at radius 3 is 2.70 bits per heavy atom. The van der Waals surface area contributed by atoms with Crippen LogP contribution in [0, 0.1) is 33.1 Å². The summed E-state index contributed by atoms with van der Waals surface area (Å²) in [6.07, 6.45) is 0.0246. The van der Waals surface area contributed by atoms with Gasteiger partial charge in [-0.25, -0.2) is 8.78 Å². The molecule has 0 unspecified atom stereocenters. The first-order valence-electron chi connectivity index (χ1n) is 5.76. The number of ether oxygens (including phenoxy) is 1. The zero-order valence-electron chi connectivity index (χ0n) is 10.8. The summed E-state index contributed by atoms with van der Waals surface area (Å²) in [7, 11) is 1.42. The van der Waals surface area contributed by atoms with Crippen molar-refractivity contribution in [2.24, 2.45) is 0 Å². The molecular weight excluding hydrogens is 272 g/mol. The van der Waals surface area contributed by atoms with Crippen molar-refractivity contribution in [2.45, 2.75) is 6.42 Å². The molecule has 0 saturated heterocycles. The fraction of sp³-hybridized carbons (Fsp3) is 0.417. The molecule has 0 N–H and O–H groups in total. The van der Waals surface area contributed by atoms with E-state index in [9.17, 15) is 18.9 Å². The van der Waals surface area contributed by atoms with E-state index in [4.69, 9.17) is 10.00 Å². The number of benzene rings is 1. The summed E-state index contributed by atoms with van der Waals surface area (Å²) in [5.41, 5.74) is -1.000. The third-order valence-electron chi connectivity index (χ3n) is 2.62. The summed E-state index contributed by atoms with van der Waals surface area (Å²) in [4.78, 5) is 11.4. The van der Waals surface area contributed by atoms with Crippen LogP contribution in [0.15, 0.2) is 12.1 Å². The van der Waals surface area contributed by atoms with Crippen molar-refractivity contribution < 1.29 is 18.4 Å². The molecule has 0 aliphatic carbocycles. The maximum Gasteiger partial charge on any atom is 0.295 e. The predicted molar refractivity (Wildman–Crippen MR) is 67.3 cm³/mol. The molecule has 0 aliphatic heterocycles. The lowest BCUT2D eigenvalue weighted by atomic mass is 10.2. The van der Waals surface area contributed by atoms with Crippen molar-refractivity contribution in [3.63, 3.8) is 0 Å². The summed E-state index contributed by atoms with van der Waals surface area (Å²) < 4.78 is 32.0. The summed E-state index contributed by atoms with van der Waals surface area (Å²) in [6.45, 7) is 0.318. The van der Waals surface area contributed by atoms with Gasteiger partial charge in [0.05, 0.1) is 24.0 Å². The molecule has 0 aromatic heterocycles. The molecule has 6 nitrogen and oxygen atoms in total. The Morgan fingerprint density at radius 1 is 1.45 bits per heavy atom. The van der Waals surface area contributed by atoms with E-state index in [0.29, 0.717) is 6.07 Å². The fourth-order valence-corrected chi connectivity index (χ4v) is 1.70. The molecular formula is C12H13F2N3O3. The smallest absolute Gasteiger partial charge is 0.295 e. The van der Waals surface area contributed by atoms with Crippen LogP contribution >= 0.6 is 0 Å². The Kier molecular flexibility index (Phi) is 5.80. The van der Waals surface area contributed by atoms with Crippen LogP contribution in [0.25, 0.3) is 0 Å². The van der Waals surface area contributed by atoms with Gasteiger partial charge in [-0.3, -0.25) is 10.1 Å². The number of anilines is 1. The number of nitrogens with zero attached hydrogens (tertiary/aromatic N) is 3. The highest BCUT2D eigenvalue weighted by atomic mass is 19.2. The maximum atomic E-state index is 13.9. The first-order chi connectivity index (χ1) is 9.52. The Bertz CT molecular complexity index is 531. The van der Waals surface area contributed by atoms with Crippen LogP contribution in [0.2, 0.25) is 0 Å². The predicted octanol–water partition coefficient (Wildman–Crippen LogP) is 2.24. The topological polar surface area (TPSA) is 79.4 Å². The Hall–Kier alpha value is -2.27. The van der Waals surface area contributed by atoms with Gasteiger partial charge in [0, 0.05) is 26.3 Å². The van der Waals surface area contributed by atoms with Crippen LogP contribution in [0.5, 0.6) is 0 Å². The van der Waals surface area contributed by atoms with Gasteiger partial charge in [-0.1, -0.05) is 0 Å². The monoisotopic (exact) mass is 285 g/mol. The molecule has 1 rings (SSSR count). The van der Waals surface area contributed by atoms with Gasteiger partial charge >= 0.3 is 0 Å². The van der Waals surface area contributed by atoms with Gasteiger partial charge < -0.3 is 9.64 Å². The number of hydrogen-bond acceptors (Lipinski definition) is 5. The van der Waals surface area contributed by atoms with E-state index in [-0.39, 0.29) is 26.1 Å². The minimum Gasteiger partial charge on any atom is -0.383 e. The van der Waals surface area contributed by atoms with E-state index < -0.39 is 27.9 Å². The molecule has 0 aliphatic rings. The minimum absolute atomic E-state index is 0.0246. The van der Waals surface area contributed by atoms with Gasteiger partial charge in [-0.15, -0.1) is 0 Å². The lowest BCUT2D eigenvalue weighted by Gasteiger charge is -2.23. The van der Waals surface area contributed by atoms with Gasteiger partial charge in [0.2, 0.25) is 0 Å². The third-order valence-corrected chi connectivity index (χ3v) is 2.62. The van der Waals surface area contributed by atoms with Crippen LogP contribution in [0.1, 0.15) is 6.42 Å². The SMILES string of the molecule is COCCN(CCC#N)c1c([N+](=O)[O-])ccc(F)c1F. The van der Waals surface area contributed by atoms with Crippen LogP contribution in [0.4, 0.5) is 20.2 Å². The van der Waals surface area contributed by atoms with Crippen LogP contribution in [-0.2, 0) is 4.74 Å². The average molecular weight is 285 g/mol. The summed E-state index contributed by atoms with van der Waals surface area (Å²) in [6, 6.07) is 3.47. The van der Waals surface area contributed by atoms with Gasteiger partial charge in [0.25, 0.3) is 5.69 Å². The second-order valence-electron chi connectivity index (χ2n) is 3.87. The zero-order chi connectivity index (χ0) is 15.1. The lowest BCUT2D eigenvalue weighted by Crippen LogP contribution is -2.30.